The van der Waals surface area contributed by atoms with Crippen molar-refractivity contribution in [3.63, 3.8) is 0 Å². The zero-order valence-corrected chi connectivity index (χ0v) is 20.3. The van der Waals surface area contributed by atoms with Gasteiger partial charge in [-0.15, -0.1) is 0 Å². The molecule has 0 spiro atoms. The molecule has 3 aromatic carbocycles. The molecule has 6 rings (SSSR count). The van der Waals surface area contributed by atoms with Gasteiger partial charge in [-0.2, -0.15) is 0 Å². The fourth-order valence-corrected chi connectivity index (χ4v) is 6.05. The molecule has 174 valence electrons. The topological polar surface area (TPSA) is 52.8 Å². The fraction of sp³-hybridized carbons (Fsp3) is 0.172. The smallest absolute Gasteiger partial charge is 0.271 e. The molecule has 35 heavy (non-hydrogen) atoms. The third kappa shape index (κ3) is 3.61. The Labute approximate surface area is 206 Å². The number of nitrogens with zero attached hydrogens (tertiary/aromatic N) is 2. The first kappa shape index (κ1) is 21.6. The van der Waals surface area contributed by atoms with E-state index in [1.54, 1.807) is 14.2 Å². The summed E-state index contributed by atoms with van der Waals surface area (Å²) in [6.07, 6.45) is 3.67. The molecule has 2 aliphatic rings. The van der Waals surface area contributed by atoms with E-state index < -0.39 is 0 Å². The number of allylic oxidation sites excluding steroid dienone is 1. The van der Waals surface area contributed by atoms with Gasteiger partial charge in [0, 0.05) is 11.1 Å². The van der Waals surface area contributed by atoms with E-state index in [4.69, 9.17) is 14.5 Å². The zero-order valence-electron chi connectivity index (χ0n) is 19.5. The highest BCUT2D eigenvalue weighted by Gasteiger charge is 2.34. The molecule has 0 fully saturated rings. The zero-order chi connectivity index (χ0) is 23.9. The van der Waals surface area contributed by atoms with Gasteiger partial charge in [0.25, 0.3) is 5.56 Å². The molecule has 1 atom stereocenters. The number of hydrogen-bond acceptors (Lipinski definition) is 5. The van der Waals surface area contributed by atoms with E-state index >= 15 is 0 Å². The predicted molar refractivity (Wildman–Crippen MR) is 139 cm³/mol. The minimum Gasteiger partial charge on any atom is -0.497 e. The summed E-state index contributed by atoms with van der Waals surface area (Å²) in [7, 11) is 3.31. The number of aryl methyl sites for hydroxylation is 1. The standard InChI is InChI=1S/C29H24N2O3S/c1-33-20-13-15-24(34-2)23(17-20)27-22-14-12-19-10-6-7-11-21(19)26(22)30-29-31(27)28(32)25(35-29)16-18-8-4-3-5-9-18/h3-11,13,15-17,27H,12,14H2,1-2H3/b25-16+/t27-/m0/s1. The summed E-state index contributed by atoms with van der Waals surface area (Å²) in [5, 5.41) is 0. The molecule has 6 heteroatoms. The molecule has 0 unspecified atom stereocenters. The van der Waals surface area contributed by atoms with Crippen molar-refractivity contribution in [2.24, 2.45) is 4.99 Å². The second kappa shape index (κ2) is 8.71. The Hall–Kier alpha value is -3.90. The SMILES string of the molecule is COc1ccc(OC)c([C@@H]2C3=C(N=c4s/c(=C/c5ccccc5)c(=O)n42)c2ccccc2CC3)c1. The van der Waals surface area contributed by atoms with Crippen molar-refractivity contribution in [1.82, 2.24) is 4.57 Å². The highest BCUT2D eigenvalue weighted by Crippen LogP contribution is 2.44. The van der Waals surface area contributed by atoms with Crippen LogP contribution in [0.4, 0.5) is 0 Å². The number of aromatic nitrogens is 1. The molecule has 0 saturated heterocycles. The van der Waals surface area contributed by atoms with E-state index in [-0.39, 0.29) is 11.6 Å². The summed E-state index contributed by atoms with van der Waals surface area (Å²) in [5.74, 6) is 1.45. The lowest BCUT2D eigenvalue weighted by atomic mass is 9.83. The average molecular weight is 481 g/mol. The number of rotatable bonds is 4. The lowest BCUT2D eigenvalue weighted by Gasteiger charge is -2.31. The number of ether oxygens (including phenoxy) is 2. The predicted octanol–water partition coefficient (Wildman–Crippen LogP) is 4.34. The van der Waals surface area contributed by atoms with Gasteiger partial charge in [0.2, 0.25) is 0 Å². The number of fused-ring (bicyclic) bond motifs is 3. The van der Waals surface area contributed by atoms with Crippen molar-refractivity contribution in [2.75, 3.05) is 14.2 Å². The number of thiazole rings is 1. The molecule has 0 bridgehead atoms. The highest BCUT2D eigenvalue weighted by atomic mass is 32.1. The monoisotopic (exact) mass is 480 g/mol. The third-order valence-electron chi connectivity index (χ3n) is 6.70. The van der Waals surface area contributed by atoms with Crippen LogP contribution in [-0.2, 0) is 6.42 Å². The summed E-state index contributed by atoms with van der Waals surface area (Å²) >= 11 is 1.43. The van der Waals surface area contributed by atoms with Gasteiger partial charge < -0.3 is 9.47 Å². The lowest BCUT2D eigenvalue weighted by Crippen LogP contribution is -2.39. The molecular weight excluding hydrogens is 456 g/mol. The maximum absolute atomic E-state index is 13.9. The molecule has 0 radical (unpaired) electrons. The van der Waals surface area contributed by atoms with Gasteiger partial charge in [-0.05, 0) is 53.8 Å². The van der Waals surface area contributed by atoms with Crippen LogP contribution in [-0.4, -0.2) is 18.8 Å². The Balaban J connectivity index is 1.67. The van der Waals surface area contributed by atoms with Crippen molar-refractivity contribution in [3.8, 4) is 11.5 Å². The van der Waals surface area contributed by atoms with E-state index in [2.05, 4.69) is 24.3 Å². The van der Waals surface area contributed by atoms with Gasteiger partial charge in [-0.1, -0.05) is 65.9 Å². The fourth-order valence-electron chi connectivity index (χ4n) is 5.05. The van der Waals surface area contributed by atoms with E-state index in [1.807, 2.05) is 59.2 Å². The van der Waals surface area contributed by atoms with Crippen molar-refractivity contribution in [1.29, 1.82) is 0 Å². The van der Waals surface area contributed by atoms with Crippen LogP contribution in [0.5, 0.6) is 11.5 Å². The first-order valence-electron chi connectivity index (χ1n) is 11.6. The van der Waals surface area contributed by atoms with Gasteiger partial charge in [0.05, 0.1) is 30.5 Å². The molecule has 5 nitrogen and oxygen atoms in total. The molecule has 1 aliphatic heterocycles. The van der Waals surface area contributed by atoms with Crippen LogP contribution in [0.2, 0.25) is 0 Å². The van der Waals surface area contributed by atoms with Crippen LogP contribution in [0.1, 0.15) is 34.7 Å². The number of methoxy groups -OCH3 is 2. The van der Waals surface area contributed by atoms with Crippen LogP contribution in [0.15, 0.2) is 88.2 Å². The summed E-state index contributed by atoms with van der Waals surface area (Å²) < 4.78 is 13.8. The van der Waals surface area contributed by atoms with Crippen LogP contribution >= 0.6 is 11.3 Å². The Kier molecular flexibility index (Phi) is 5.38. The molecule has 0 amide bonds. The quantitative estimate of drug-likeness (QED) is 0.437. The van der Waals surface area contributed by atoms with Gasteiger partial charge in [-0.3, -0.25) is 9.36 Å². The maximum atomic E-state index is 13.9. The number of benzene rings is 3. The molecule has 0 saturated carbocycles. The van der Waals surface area contributed by atoms with Gasteiger partial charge in [0.15, 0.2) is 4.80 Å². The average Bonchev–Trinajstić information content (AvgIpc) is 3.21. The first-order valence-corrected chi connectivity index (χ1v) is 12.4. The second-order valence-corrected chi connectivity index (χ2v) is 9.64. The molecule has 0 N–H and O–H groups in total. The van der Waals surface area contributed by atoms with Crippen molar-refractivity contribution < 1.29 is 9.47 Å². The maximum Gasteiger partial charge on any atom is 0.271 e. The Morgan fingerprint density at radius 2 is 1.77 bits per heavy atom. The lowest BCUT2D eigenvalue weighted by molar-refractivity contribution is 0.392. The summed E-state index contributed by atoms with van der Waals surface area (Å²) in [4.78, 5) is 19.6. The molecule has 4 aromatic rings. The highest BCUT2D eigenvalue weighted by molar-refractivity contribution is 7.07. The third-order valence-corrected chi connectivity index (χ3v) is 7.68. The van der Waals surface area contributed by atoms with E-state index in [9.17, 15) is 4.79 Å². The van der Waals surface area contributed by atoms with Crippen molar-refractivity contribution in [2.45, 2.75) is 18.9 Å². The molecule has 2 heterocycles. The van der Waals surface area contributed by atoms with Gasteiger partial charge >= 0.3 is 0 Å². The number of hydrogen-bond donors (Lipinski definition) is 0. The van der Waals surface area contributed by atoms with Crippen LogP contribution in [0, 0.1) is 0 Å². The first-order chi connectivity index (χ1) is 17.2. The molecular formula is C29H24N2O3S. The summed E-state index contributed by atoms with van der Waals surface area (Å²) in [6.45, 7) is 0. The van der Waals surface area contributed by atoms with Crippen LogP contribution < -0.4 is 24.4 Å². The van der Waals surface area contributed by atoms with Gasteiger partial charge in [-0.25, -0.2) is 4.99 Å². The van der Waals surface area contributed by atoms with Crippen molar-refractivity contribution in [3.05, 3.63) is 120 Å². The van der Waals surface area contributed by atoms with Crippen LogP contribution in [0.3, 0.4) is 0 Å². The minimum atomic E-state index is -0.322. The summed E-state index contributed by atoms with van der Waals surface area (Å²) in [5.41, 5.74) is 6.38. The van der Waals surface area contributed by atoms with E-state index in [1.165, 1.54) is 16.9 Å². The second-order valence-electron chi connectivity index (χ2n) is 8.63. The van der Waals surface area contributed by atoms with Crippen LogP contribution in [0.25, 0.3) is 11.8 Å². The molecule has 1 aliphatic carbocycles. The Morgan fingerprint density at radius 1 is 0.971 bits per heavy atom. The largest absolute Gasteiger partial charge is 0.497 e. The Morgan fingerprint density at radius 3 is 2.57 bits per heavy atom. The molecule has 1 aromatic heterocycles. The summed E-state index contributed by atoms with van der Waals surface area (Å²) in [6, 6.07) is 23.8. The van der Waals surface area contributed by atoms with E-state index in [0.29, 0.717) is 9.33 Å². The van der Waals surface area contributed by atoms with Gasteiger partial charge in [0.1, 0.15) is 11.5 Å². The Bertz CT molecular complexity index is 1650. The van der Waals surface area contributed by atoms with E-state index in [0.717, 1.165) is 52.3 Å². The van der Waals surface area contributed by atoms with Crippen molar-refractivity contribution >= 4 is 23.1 Å². The normalized spacial score (nSPS) is 16.7. The minimum absolute atomic E-state index is 0.0436.